The van der Waals surface area contributed by atoms with E-state index in [-0.39, 0.29) is 5.56 Å². The first-order chi connectivity index (χ1) is 15.9. The number of aromatic nitrogens is 2. The van der Waals surface area contributed by atoms with E-state index in [2.05, 4.69) is 10.2 Å². The second-order valence-electron chi connectivity index (χ2n) is 8.36. The molecule has 4 rings (SSSR count). The standard InChI is InChI=1S/C25H29FN4O3/c1-29(2)10-5-9-27-21-15-20-18(14-19(21)26)25(31)30-11-8-17(24(30)28-20)12-16-6-7-22(32-3)23(13-16)33-4/h6-7,12-15,27H,5,8-11H2,1-4H3/b17-12+. The first kappa shape index (κ1) is 22.8. The average Bonchev–Trinajstić information content (AvgIpc) is 3.20. The summed E-state index contributed by atoms with van der Waals surface area (Å²) >= 11 is 0. The molecule has 1 N–H and O–H groups in total. The lowest BCUT2D eigenvalue weighted by Gasteiger charge is -2.12. The van der Waals surface area contributed by atoms with Crippen LogP contribution in [0.25, 0.3) is 22.6 Å². The molecule has 1 aromatic heterocycles. The molecule has 2 aromatic carbocycles. The first-order valence-electron chi connectivity index (χ1n) is 11.0. The van der Waals surface area contributed by atoms with E-state index >= 15 is 0 Å². The smallest absolute Gasteiger partial charge is 0.261 e. The number of hydrogen-bond acceptors (Lipinski definition) is 6. The summed E-state index contributed by atoms with van der Waals surface area (Å²) in [6, 6.07) is 8.59. The van der Waals surface area contributed by atoms with Gasteiger partial charge in [-0.1, -0.05) is 6.07 Å². The highest BCUT2D eigenvalue weighted by molar-refractivity contribution is 5.86. The van der Waals surface area contributed by atoms with E-state index in [0.29, 0.717) is 53.4 Å². The van der Waals surface area contributed by atoms with Crippen molar-refractivity contribution in [1.82, 2.24) is 14.5 Å². The molecule has 0 aliphatic carbocycles. The molecule has 174 valence electrons. The Morgan fingerprint density at radius 1 is 1.18 bits per heavy atom. The van der Waals surface area contributed by atoms with Gasteiger partial charge in [0, 0.05) is 13.1 Å². The van der Waals surface area contributed by atoms with Crippen LogP contribution < -0.4 is 20.3 Å². The van der Waals surface area contributed by atoms with Gasteiger partial charge < -0.3 is 19.7 Å². The largest absolute Gasteiger partial charge is 0.493 e. The number of nitrogens with zero attached hydrogens (tertiary/aromatic N) is 3. The molecule has 3 aromatic rings. The number of methoxy groups -OCH3 is 2. The zero-order chi connectivity index (χ0) is 23.5. The van der Waals surface area contributed by atoms with Crippen LogP contribution in [0.15, 0.2) is 35.1 Å². The average molecular weight is 453 g/mol. The molecule has 0 amide bonds. The van der Waals surface area contributed by atoms with Gasteiger partial charge in [0.2, 0.25) is 0 Å². The summed E-state index contributed by atoms with van der Waals surface area (Å²) in [6.07, 6.45) is 3.55. The Labute approximate surface area is 192 Å². The molecular formula is C25H29FN4O3. The minimum atomic E-state index is -0.439. The maximum atomic E-state index is 14.7. The maximum Gasteiger partial charge on any atom is 0.261 e. The molecule has 0 saturated carbocycles. The Bertz CT molecular complexity index is 1270. The van der Waals surface area contributed by atoms with Crippen LogP contribution in [0.3, 0.4) is 0 Å². The fourth-order valence-electron chi connectivity index (χ4n) is 4.07. The summed E-state index contributed by atoms with van der Waals surface area (Å²) in [5.41, 5.74) is 2.51. The number of halogens is 1. The van der Waals surface area contributed by atoms with Gasteiger partial charge in [0.15, 0.2) is 11.5 Å². The predicted molar refractivity (Wildman–Crippen MR) is 130 cm³/mol. The van der Waals surface area contributed by atoms with Crippen molar-refractivity contribution in [1.29, 1.82) is 0 Å². The van der Waals surface area contributed by atoms with E-state index in [9.17, 15) is 9.18 Å². The molecule has 8 heteroatoms. The SMILES string of the molecule is COc1ccc(/C=C2\CCn3c2nc2cc(NCCCN(C)C)c(F)cc2c3=O)cc1OC. The molecule has 7 nitrogen and oxygen atoms in total. The number of anilines is 1. The third kappa shape index (κ3) is 4.71. The summed E-state index contributed by atoms with van der Waals surface area (Å²) in [7, 11) is 7.19. The second kappa shape index (κ2) is 9.62. The van der Waals surface area contributed by atoms with Crippen LogP contribution in [-0.2, 0) is 6.54 Å². The van der Waals surface area contributed by atoms with E-state index < -0.39 is 5.82 Å². The second-order valence-corrected chi connectivity index (χ2v) is 8.36. The summed E-state index contributed by atoms with van der Waals surface area (Å²) in [4.78, 5) is 19.9. The Balaban J connectivity index is 1.69. The molecule has 0 fully saturated rings. The van der Waals surface area contributed by atoms with Crippen molar-refractivity contribution < 1.29 is 13.9 Å². The fraction of sp³-hybridized carbons (Fsp3) is 0.360. The van der Waals surface area contributed by atoms with Gasteiger partial charge in [-0.15, -0.1) is 0 Å². The topological polar surface area (TPSA) is 68.6 Å². The summed E-state index contributed by atoms with van der Waals surface area (Å²) in [6.45, 7) is 2.05. The maximum absolute atomic E-state index is 14.7. The summed E-state index contributed by atoms with van der Waals surface area (Å²) in [5.74, 6) is 1.46. The van der Waals surface area contributed by atoms with Crippen molar-refractivity contribution in [3.05, 3.63) is 57.9 Å². The van der Waals surface area contributed by atoms with Gasteiger partial charge in [-0.05, 0) is 75.0 Å². The van der Waals surface area contributed by atoms with E-state index in [4.69, 9.17) is 14.5 Å². The number of nitrogens with one attached hydrogen (secondary N) is 1. The Hall–Kier alpha value is -3.39. The van der Waals surface area contributed by atoms with Crippen LogP contribution in [0.2, 0.25) is 0 Å². The fourth-order valence-corrected chi connectivity index (χ4v) is 4.07. The van der Waals surface area contributed by atoms with Crippen molar-refractivity contribution in [2.45, 2.75) is 19.4 Å². The van der Waals surface area contributed by atoms with Gasteiger partial charge >= 0.3 is 0 Å². The van der Waals surface area contributed by atoms with Crippen LogP contribution in [-0.4, -0.2) is 55.9 Å². The van der Waals surface area contributed by atoms with Crippen LogP contribution >= 0.6 is 0 Å². The lowest BCUT2D eigenvalue weighted by Crippen LogP contribution is -2.21. The van der Waals surface area contributed by atoms with Crippen molar-refractivity contribution in [2.24, 2.45) is 0 Å². The molecule has 0 bridgehead atoms. The lowest BCUT2D eigenvalue weighted by molar-refractivity contribution is 0.355. The highest BCUT2D eigenvalue weighted by Gasteiger charge is 2.22. The quantitative estimate of drug-likeness (QED) is 0.524. The van der Waals surface area contributed by atoms with Gasteiger partial charge in [0.25, 0.3) is 5.56 Å². The van der Waals surface area contributed by atoms with E-state index in [1.165, 1.54) is 6.07 Å². The number of ether oxygens (including phenoxy) is 2. The van der Waals surface area contributed by atoms with Crippen LogP contribution in [0, 0.1) is 5.82 Å². The third-order valence-electron chi connectivity index (χ3n) is 5.78. The van der Waals surface area contributed by atoms with E-state index in [1.807, 2.05) is 38.4 Å². The molecular weight excluding hydrogens is 423 g/mol. The first-order valence-corrected chi connectivity index (χ1v) is 11.0. The zero-order valence-corrected chi connectivity index (χ0v) is 19.4. The van der Waals surface area contributed by atoms with Gasteiger partial charge in [-0.25, -0.2) is 9.37 Å². The molecule has 1 aliphatic rings. The number of rotatable bonds is 8. The van der Waals surface area contributed by atoms with Gasteiger partial charge in [-0.3, -0.25) is 9.36 Å². The number of fused-ring (bicyclic) bond motifs is 2. The van der Waals surface area contributed by atoms with Crippen molar-refractivity contribution >= 4 is 28.2 Å². The normalized spacial score (nSPS) is 14.2. The third-order valence-corrected chi connectivity index (χ3v) is 5.78. The molecule has 0 unspecified atom stereocenters. The van der Waals surface area contributed by atoms with Crippen LogP contribution in [0.1, 0.15) is 24.2 Å². The van der Waals surface area contributed by atoms with E-state index in [0.717, 1.165) is 24.1 Å². The monoisotopic (exact) mass is 452 g/mol. The minimum Gasteiger partial charge on any atom is -0.493 e. The molecule has 33 heavy (non-hydrogen) atoms. The highest BCUT2D eigenvalue weighted by Crippen LogP contribution is 2.32. The van der Waals surface area contributed by atoms with Crippen LogP contribution in [0.5, 0.6) is 11.5 Å². The molecule has 0 spiro atoms. The molecule has 2 heterocycles. The Morgan fingerprint density at radius 3 is 2.70 bits per heavy atom. The van der Waals surface area contributed by atoms with Crippen molar-refractivity contribution in [3.63, 3.8) is 0 Å². The number of benzene rings is 2. The molecule has 0 saturated heterocycles. The van der Waals surface area contributed by atoms with E-state index in [1.54, 1.807) is 24.9 Å². The molecule has 0 radical (unpaired) electrons. The summed E-state index contributed by atoms with van der Waals surface area (Å²) < 4.78 is 27.0. The predicted octanol–water partition coefficient (Wildman–Crippen LogP) is 3.86. The van der Waals surface area contributed by atoms with Crippen LogP contribution in [0.4, 0.5) is 10.1 Å². The van der Waals surface area contributed by atoms with Gasteiger partial charge in [0.1, 0.15) is 11.6 Å². The number of hydrogen-bond donors (Lipinski definition) is 1. The minimum absolute atomic E-state index is 0.219. The van der Waals surface area contributed by atoms with Gasteiger partial charge in [0.05, 0.1) is 30.8 Å². The highest BCUT2D eigenvalue weighted by atomic mass is 19.1. The van der Waals surface area contributed by atoms with Crippen molar-refractivity contribution in [2.75, 3.05) is 46.7 Å². The zero-order valence-electron chi connectivity index (χ0n) is 19.4. The number of allylic oxidation sites excluding steroid dienone is 1. The molecule has 1 aliphatic heterocycles. The lowest BCUT2D eigenvalue weighted by atomic mass is 10.1. The summed E-state index contributed by atoms with van der Waals surface area (Å²) in [5, 5.41) is 3.43. The Kier molecular flexibility index (Phi) is 6.65. The van der Waals surface area contributed by atoms with Gasteiger partial charge in [-0.2, -0.15) is 0 Å². The molecule has 0 atom stereocenters. The van der Waals surface area contributed by atoms with Crippen molar-refractivity contribution in [3.8, 4) is 11.5 Å². The Morgan fingerprint density at radius 2 is 1.97 bits per heavy atom.